The maximum absolute atomic E-state index is 15.0. The Kier molecular flexibility index (Phi) is 13.4. The first kappa shape index (κ1) is 40.5. The maximum Gasteiger partial charge on any atom is 0.259 e. The van der Waals surface area contributed by atoms with E-state index in [4.69, 9.17) is 4.74 Å². The number of nitrogens with one attached hydrogen (secondary N) is 1. The molecule has 3 amide bonds. The van der Waals surface area contributed by atoms with Crippen LogP contribution in [-0.4, -0.2) is 70.0 Å². The number of nitrogens with zero attached hydrogens (tertiary/aromatic N) is 4. The van der Waals surface area contributed by atoms with Gasteiger partial charge in [-0.25, -0.2) is 9.56 Å². The molecule has 2 aliphatic heterocycles. The first-order valence-corrected chi connectivity index (χ1v) is 19.0. The SMILES string of the molecule is CC(C)=CCC/C(C)=C/C[n+]1ccc(C(=O)N2C=C(c3ccccc3)N([C@@H](Cc3ccccc3)C(=O)NCC(=O)C3=NC(C)(C)CO3)C(=O)[C@H]2C(C)C)cc1. The highest BCUT2D eigenvalue weighted by molar-refractivity contribution is 6.37. The van der Waals surface area contributed by atoms with Crippen LogP contribution in [0.25, 0.3) is 5.70 Å². The molecule has 0 fully saturated rings. The number of amides is 3. The van der Waals surface area contributed by atoms with Gasteiger partial charge in [-0.05, 0) is 70.6 Å². The van der Waals surface area contributed by atoms with E-state index in [-0.39, 0.29) is 37.3 Å². The van der Waals surface area contributed by atoms with E-state index in [1.54, 1.807) is 18.3 Å². The molecule has 0 radical (unpaired) electrons. The van der Waals surface area contributed by atoms with Crippen LogP contribution in [0.1, 0.15) is 82.8 Å². The minimum absolute atomic E-state index is 0.0222. The predicted octanol–water partition coefficient (Wildman–Crippen LogP) is 6.48. The number of carbonyl (C=O) groups is 4. The molecule has 0 aliphatic carbocycles. The van der Waals surface area contributed by atoms with Gasteiger partial charge in [-0.3, -0.25) is 24.1 Å². The summed E-state index contributed by atoms with van der Waals surface area (Å²) in [4.78, 5) is 64.1. The second-order valence-electron chi connectivity index (χ2n) is 15.5. The zero-order chi connectivity index (χ0) is 39.7. The Hall–Kier alpha value is -5.64. The third-order valence-electron chi connectivity index (χ3n) is 9.64. The molecule has 0 saturated heterocycles. The van der Waals surface area contributed by atoms with Crippen molar-refractivity contribution in [2.24, 2.45) is 10.9 Å². The maximum atomic E-state index is 15.0. The van der Waals surface area contributed by atoms with E-state index < -0.39 is 35.2 Å². The van der Waals surface area contributed by atoms with Crippen molar-refractivity contribution in [2.75, 3.05) is 13.2 Å². The zero-order valence-electron chi connectivity index (χ0n) is 33.1. The summed E-state index contributed by atoms with van der Waals surface area (Å²) in [6.07, 6.45) is 12.0. The minimum atomic E-state index is -1.05. The number of Topliss-reactive ketones (excluding diaryl/α,β-unsaturated/α-hetero) is 1. The Morgan fingerprint density at radius 2 is 1.62 bits per heavy atom. The fourth-order valence-corrected chi connectivity index (χ4v) is 6.64. The number of rotatable bonds is 15. The van der Waals surface area contributed by atoms with Crippen LogP contribution in [0.3, 0.4) is 0 Å². The molecule has 3 aromatic rings. The van der Waals surface area contributed by atoms with Gasteiger partial charge in [-0.1, -0.05) is 91.7 Å². The average molecular weight is 745 g/mol. The van der Waals surface area contributed by atoms with Gasteiger partial charge in [0.2, 0.25) is 11.7 Å². The first-order valence-electron chi connectivity index (χ1n) is 19.0. The van der Waals surface area contributed by atoms with Crippen LogP contribution in [0.5, 0.6) is 0 Å². The number of hydrogen-bond acceptors (Lipinski definition) is 6. The van der Waals surface area contributed by atoms with Crippen molar-refractivity contribution in [3.05, 3.63) is 131 Å². The van der Waals surface area contributed by atoms with Gasteiger partial charge < -0.3 is 15.0 Å². The summed E-state index contributed by atoms with van der Waals surface area (Å²) < 4.78 is 7.53. The Balaban J connectivity index is 1.48. The van der Waals surface area contributed by atoms with Crippen molar-refractivity contribution in [1.29, 1.82) is 0 Å². The molecule has 10 nitrogen and oxygen atoms in total. The summed E-state index contributed by atoms with van der Waals surface area (Å²) in [5, 5.41) is 2.78. The summed E-state index contributed by atoms with van der Waals surface area (Å²) in [6, 6.07) is 20.3. The number of ether oxygens (including phenoxy) is 1. The van der Waals surface area contributed by atoms with Gasteiger partial charge in [-0.2, -0.15) is 0 Å². The van der Waals surface area contributed by atoms with E-state index in [9.17, 15) is 19.2 Å². The summed E-state index contributed by atoms with van der Waals surface area (Å²) in [6.45, 7) is 14.5. The van der Waals surface area contributed by atoms with Crippen LogP contribution < -0.4 is 9.88 Å². The fourth-order valence-electron chi connectivity index (χ4n) is 6.64. The normalized spacial score (nSPS) is 17.3. The first-order chi connectivity index (χ1) is 26.2. The number of hydrogen-bond donors (Lipinski definition) is 1. The van der Waals surface area contributed by atoms with Gasteiger partial charge in [-0.15, -0.1) is 0 Å². The Morgan fingerprint density at radius 3 is 2.22 bits per heavy atom. The molecule has 2 aromatic carbocycles. The molecule has 2 atom stereocenters. The molecule has 0 saturated carbocycles. The number of allylic oxidation sites excluding steroid dienone is 4. The van der Waals surface area contributed by atoms with Crippen molar-refractivity contribution < 1.29 is 28.5 Å². The topological polar surface area (TPSA) is 112 Å². The third kappa shape index (κ3) is 10.5. The van der Waals surface area contributed by atoms with Crippen molar-refractivity contribution in [3.8, 4) is 0 Å². The van der Waals surface area contributed by atoms with Gasteiger partial charge in [0, 0.05) is 24.8 Å². The van der Waals surface area contributed by atoms with Crippen molar-refractivity contribution in [2.45, 2.75) is 91.9 Å². The monoisotopic (exact) mass is 744 g/mol. The van der Waals surface area contributed by atoms with Gasteiger partial charge in [0.05, 0.1) is 23.3 Å². The molecular weight excluding hydrogens is 691 g/mol. The predicted molar refractivity (Wildman–Crippen MR) is 215 cm³/mol. The number of pyridine rings is 1. The largest absolute Gasteiger partial charge is 0.473 e. The zero-order valence-corrected chi connectivity index (χ0v) is 33.1. The summed E-state index contributed by atoms with van der Waals surface area (Å²) in [5.74, 6) is -2.00. The van der Waals surface area contributed by atoms with E-state index in [1.165, 1.54) is 20.9 Å². The highest BCUT2D eigenvalue weighted by Crippen LogP contribution is 2.34. The number of aliphatic imine (C=N–C) groups is 1. The number of carbonyl (C=O) groups excluding carboxylic acids is 4. The van der Waals surface area contributed by atoms with Gasteiger partial charge in [0.25, 0.3) is 17.7 Å². The quantitative estimate of drug-likeness (QED) is 0.142. The van der Waals surface area contributed by atoms with E-state index in [2.05, 4.69) is 43.2 Å². The smallest absolute Gasteiger partial charge is 0.259 e. The highest BCUT2D eigenvalue weighted by Gasteiger charge is 2.45. The van der Waals surface area contributed by atoms with Gasteiger partial charge in [0.1, 0.15) is 18.7 Å². The molecule has 0 bridgehead atoms. The lowest BCUT2D eigenvalue weighted by Crippen LogP contribution is -2.60. The fraction of sp³-hybridized carbons (Fsp3) is 0.378. The molecule has 0 spiro atoms. The summed E-state index contributed by atoms with van der Waals surface area (Å²) >= 11 is 0. The summed E-state index contributed by atoms with van der Waals surface area (Å²) in [7, 11) is 0. The lowest BCUT2D eigenvalue weighted by Gasteiger charge is -2.44. The van der Waals surface area contributed by atoms with E-state index in [0.717, 1.165) is 18.4 Å². The molecule has 55 heavy (non-hydrogen) atoms. The highest BCUT2D eigenvalue weighted by atomic mass is 16.5. The number of aromatic nitrogens is 1. The third-order valence-corrected chi connectivity index (χ3v) is 9.64. The molecule has 5 rings (SSSR count). The van der Waals surface area contributed by atoms with Crippen LogP contribution in [-0.2, 0) is 32.1 Å². The lowest BCUT2D eigenvalue weighted by molar-refractivity contribution is -0.687. The number of benzene rings is 2. The second kappa shape index (κ2) is 18.1. The minimum Gasteiger partial charge on any atom is -0.473 e. The Morgan fingerprint density at radius 1 is 0.964 bits per heavy atom. The van der Waals surface area contributed by atoms with E-state index in [1.807, 2.05) is 105 Å². The molecule has 288 valence electrons. The molecule has 3 heterocycles. The molecule has 0 unspecified atom stereocenters. The Bertz CT molecular complexity index is 1980. The lowest BCUT2D eigenvalue weighted by atomic mass is 9.93. The van der Waals surface area contributed by atoms with Crippen LogP contribution in [0.2, 0.25) is 0 Å². The van der Waals surface area contributed by atoms with Crippen LogP contribution in [0, 0.1) is 5.92 Å². The molecule has 10 heteroatoms. The standard InChI is InChI=1S/C45H53N5O5/c1-31(2)15-14-16-33(5)21-24-48-25-22-36(23-26-48)43(53)49-29-38(35-19-12-9-13-20-35)50(44(54)40(49)32(3)4)37(27-34-17-10-8-11-18-34)41(52)46-28-39(51)42-47-45(6,7)30-55-42/h8-13,15,17-23,25-26,29,32,37,40H,14,16,24,27-28,30H2,1-7H3/p+1/b33-21+/t37-,40+/m0/s1. The molecule has 2 aliphatic rings. The van der Waals surface area contributed by atoms with E-state index >= 15 is 0 Å². The van der Waals surface area contributed by atoms with Crippen molar-refractivity contribution >= 4 is 35.1 Å². The molecule has 1 N–H and O–H groups in total. The summed E-state index contributed by atoms with van der Waals surface area (Å²) in [5.41, 5.74) is 4.41. The van der Waals surface area contributed by atoms with E-state index in [0.29, 0.717) is 23.4 Å². The molecule has 1 aromatic heterocycles. The second-order valence-corrected chi connectivity index (χ2v) is 15.5. The van der Waals surface area contributed by atoms with Crippen LogP contribution in [0.15, 0.2) is 120 Å². The van der Waals surface area contributed by atoms with Gasteiger partial charge >= 0.3 is 0 Å². The number of ketones is 1. The van der Waals surface area contributed by atoms with Crippen LogP contribution >= 0.6 is 0 Å². The van der Waals surface area contributed by atoms with Crippen molar-refractivity contribution in [1.82, 2.24) is 15.1 Å². The molecular formula is C45H54N5O5+. The average Bonchev–Trinajstić information content (AvgIpc) is 3.54. The Labute approximate surface area is 325 Å². The van der Waals surface area contributed by atoms with Gasteiger partial charge in [0.15, 0.2) is 18.9 Å². The van der Waals surface area contributed by atoms with Crippen LogP contribution in [0.4, 0.5) is 0 Å². The van der Waals surface area contributed by atoms with Crippen molar-refractivity contribution in [3.63, 3.8) is 0 Å².